The van der Waals surface area contributed by atoms with E-state index >= 15 is 0 Å². The molecule has 5 heteroatoms. The van der Waals surface area contributed by atoms with Crippen LogP contribution in [0.4, 0.5) is 5.69 Å². The fourth-order valence-electron chi connectivity index (χ4n) is 1.26. The lowest BCUT2D eigenvalue weighted by Crippen LogP contribution is -2.06. The van der Waals surface area contributed by atoms with Gasteiger partial charge in [-0.2, -0.15) is 5.43 Å². The molecule has 0 bridgehead atoms. The number of amidine groups is 1. The Hall–Kier alpha value is -1.54. The summed E-state index contributed by atoms with van der Waals surface area (Å²) in [4.78, 5) is 3.38. The normalized spacial score (nSPS) is 11.2. The summed E-state index contributed by atoms with van der Waals surface area (Å²) in [6, 6.07) is 5.63. The maximum atomic E-state index is 7.04. The molecule has 0 aliphatic heterocycles. The fraction of sp³-hybridized carbons (Fsp3) is 0.385. The molecule has 1 N–H and O–H groups in total. The molecule has 96 valence electrons. The molecule has 0 fully saturated rings. The van der Waals surface area contributed by atoms with E-state index in [0.717, 1.165) is 10.2 Å². The van der Waals surface area contributed by atoms with E-state index in [1.165, 1.54) is 0 Å². The second-order valence-electron chi connectivity index (χ2n) is 3.92. The summed E-state index contributed by atoms with van der Waals surface area (Å²) in [5.74, 6) is 1.25. The van der Waals surface area contributed by atoms with Crippen molar-refractivity contribution in [2.75, 3.05) is 12.0 Å². The summed E-state index contributed by atoms with van der Waals surface area (Å²) in [6.45, 7) is 13.4. The molecule has 0 unspecified atom stereocenters. The predicted molar refractivity (Wildman–Crippen MR) is 77.8 cm³/mol. The largest absolute Gasteiger partial charge is 0.492 e. The summed E-state index contributed by atoms with van der Waals surface area (Å²) in [6.07, 6.45) is 0. The first-order valence-corrected chi connectivity index (χ1v) is 6.51. The Labute approximate surface area is 116 Å². The highest BCUT2D eigenvalue weighted by Crippen LogP contribution is 2.28. The van der Waals surface area contributed by atoms with Gasteiger partial charge in [-0.05, 0) is 30.2 Å². The van der Waals surface area contributed by atoms with E-state index in [1.807, 2.05) is 39.0 Å². The second-order valence-corrected chi connectivity index (χ2v) is 4.84. The Morgan fingerprint density at radius 1 is 1.56 bits per heavy atom. The topological polar surface area (TPSA) is 38.0 Å². The molecule has 0 amide bonds. The van der Waals surface area contributed by atoms with Crippen LogP contribution in [-0.2, 0) is 0 Å². The molecule has 0 aromatic heterocycles. The number of hydrogen-bond donors (Lipinski definition) is 1. The summed E-state index contributed by atoms with van der Waals surface area (Å²) >= 11 is 3.39. The molecule has 18 heavy (non-hydrogen) atoms. The first-order chi connectivity index (χ1) is 8.58. The van der Waals surface area contributed by atoms with Crippen molar-refractivity contribution in [2.24, 2.45) is 11.0 Å². The zero-order valence-electron chi connectivity index (χ0n) is 10.7. The number of ether oxygens (including phenoxy) is 1. The molecule has 0 spiro atoms. The second kappa shape index (κ2) is 7.02. The predicted octanol–water partition coefficient (Wildman–Crippen LogP) is 4.15. The van der Waals surface area contributed by atoms with Gasteiger partial charge in [0, 0.05) is 10.4 Å². The third-order valence-corrected chi connectivity index (χ3v) is 2.66. The molecule has 1 aromatic carbocycles. The molecule has 4 nitrogen and oxygen atoms in total. The SMILES string of the molecule is [C-]#[N+]/C(=N\Nc1ccc(Br)cc1OCC)C(C)C. The number of nitrogens with one attached hydrogen (secondary N) is 1. The van der Waals surface area contributed by atoms with E-state index in [-0.39, 0.29) is 5.92 Å². The molecule has 1 aromatic rings. The van der Waals surface area contributed by atoms with Crippen LogP contribution in [0.15, 0.2) is 27.8 Å². The Bertz CT molecular complexity index is 478. The van der Waals surface area contributed by atoms with Crippen molar-refractivity contribution < 1.29 is 4.74 Å². The van der Waals surface area contributed by atoms with Crippen molar-refractivity contribution >= 4 is 27.5 Å². The summed E-state index contributed by atoms with van der Waals surface area (Å²) < 4.78 is 6.44. The number of anilines is 1. The number of nitrogens with zero attached hydrogens (tertiary/aromatic N) is 2. The Balaban J connectivity index is 2.94. The molecule has 0 saturated heterocycles. The van der Waals surface area contributed by atoms with Crippen molar-refractivity contribution in [3.05, 3.63) is 34.1 Å². The van der Waals surface area contributed by atoms with Crippen LogP contribution in [0, 0.1) is 12.5 Å². The summed E-state index contributed by atoms with van der Waals surface area (Å²) in [5, 5.41) is 4.10. The number of hydrazone groups is 1. The van der Waals surface area contributed by atoms with Crippen molar-refractivity contribution in [3.63, 3.8) is 0 Å². The number of hydrogen-bond acceptors (Lipinski definition) is 3. The van der Waals surface area contributed by atoms with Crippen molar-refractivity contribution in [3.8, 4) is 5.75 Å². The van der Waals surface area contributed by atoms with Crippen LogP contribution < -0.4 is 10.2 Å². The maximum Gasteiger partial charge on any atom is 0.273 e. The van der Waals surface area contributed by atoms with E-state index in [0.29, 0.717) is 18.2 Å². The van der Waals surface area contributed by atoms with Gasteiger partial charge in [0.05, 0.1) is 6.61 Å². The van der Waals surface area contributed by atoms with Crippen molar-refractivity contribution in [2.45, 2.75) is 20.8 Å². The van der Waals surface area contributed by atoms with Crippen LogP contribution in [0.1, 0.15) is 20.8 Å². The number of benzene rings is 1. The minimum absolute atomic E-state index is 0.0981. The summed E-state index contributed by atoms with van der Waals surface area (Å²) in [7, 11) is 0. The third-order valence-electron chi connectivity index (χ3n) is 2.17. The van der Waals surface area contributed by atoms with Crippen LogP contribution >= 0.6 is 15.9 Å². The molecule has 0 aliphatic rings. The zero-order chi connectivity index (χ0) is 13.5. The third kappa shape index (κ3) is 4.04. The highest BCUT2D eigenvalue weighted by atomic mass is 79.9. The number of rotatable bonds is 5. The van der Waals surface area contributed by atoms with Gasteiger partial charge in [-0.3, -0.25) is 0 Å². The molecular formula is C13H16BrN3O. The lowest BCUT2D eigenvalue weighted by molar-refractivity contribution is 0.341. The van der Waals surface area contributed by atoms with Crippen LogP contribution in [-0.4, -0.2) is 12.4 Å². The molecule has 1 rings (SSSR count). The standard InChI is InChI=1S/C13H16BrN3O/c1-5-18-12-8-10(14)6-7-11(12)16-17-13(15-4)9(2)3/h6-9,16H,5H2,1-3H3/b17-13-. The molecule has 0 aliphatic carbocycles. The Morgan fingerprint density at radius 2 is 2.28 bits per heavy atom. The molecule has 0 radical (unpaired) electrons. The zero-order valence-corrected chi connectivity index (χ0v) is 12.3. The van der Waals surface area contributed by atoms with Crippen LogP contribution in [0.5, 0.6) is 5.75 Å². The van der Waals surface area contributed by atoms with Gasteiger partial charge in [0.1, 0.15) is 11.4 Å². The van der Waals surface area contributed by atoms with Gasteiger partial charge in [-0.1, -0.05) is 36.3 Å². The Morgan fingerprint density at radius 3 is 2.83 bits per heavy atom. The minimum Gasteiger partial charge on any atom is -0.492 e. The lowest BCUT2D eigenvalue weighted by atomic mass is 10.2. The smallest absolute Gasteiger partial charge is 0.273 e. The molecular weight excluding hydrogens is 294 g/mol. The fourth-order valence-corrected chi connectivity index (χ4v) is 1.60. The average molecular weight is 310 g/mol. The van der Waals surface area contributed by atoms with Gasteiger partial charge in [-0.15, -0.1) is 0 Å². The maximum absolute atomic E-state index is 7.04. The van der Waals surface area contributed by atoms with Crippen LogP contribution in [0.3, 0.4) is 0 Å². The summed E-state index contributed by atoms with van der Waals surface area (Å²) in [5.41, 5.74) is 3.64. The first-order valence-electron chi connectivity index (χ1n) is 5.71. The quantitative estimate of drug-likeness (QED) is 0.384. The highest BCUT2D eigenvalue weighted by molar-refractivity contribution is 9.10. The van der Waals surface area contributed by atoms with Gasteiger partial charge >= 0.3 is 0 Å². The van der Waals surface area contributed by atoms with E-state index in [2.05, 4.69) is 31.3 Å². The highest BCUT2D eigenvalue weighted by Gasteiger charge is 2.08. The molecule has 0 atom stereocenters. The molecule has 0 heterocycles. The van der Waals surface area contributed by atoms with Crippen LogP contribution in [0.2, 0.25) is 0 Å². The monoisotopic (exact) mass is 309 g/mol. The first kappa shape index (κ1) is 14.5. The molecule has 0 saturated carbocycles. The van der Waals surface area contributed by atoms with Crippen LogP contribution in [0.25, 0.3) is 4.85 Å². The van der Waals surface area contributed by atoms with E-state index in [1.54, 1.807) is 0 Å². The van der Waals surface area contributed by atoms with Gasteiger partial charge in [0.2, 0.25) is 0 Å². The van der Waals surface area contributed by atoms with Gasteiger partial charge in [0.25, 0.3) is 5.84 Å². The van der Waals surface area contributed by atoms with Gasteiger partial charge in [0.15, 0.2) is 0 Å². The van der Waals surface area contributed by atoms with Crippen molar-refractivity contribution in [1.82, 2.24) is 0 Å². The van der Waals surface area contributed by atoms with Gasteiger partial charge in [-0.25, -0.2) is 0 Å². The average Bonchev–Trinajstić information content (AvgIpc) is 2.32. The minimum atomic E-state index is 0.0981. The Kier molecular flexibility index (Phi) is 5.66. The number of halogens is 1. The van der Waals surface area contributed by atoms with E-state index in [4.69, 9.17) is 11.3 Å². The van der Waals surface area contributed by atoms with Gasteiger partial charge < -0.3 is 9.58 Å². The van der Waals surface area contributed by atoms with E-state index < -0.39 is 0 Å². The lowest BCUT2D eigenvalue weighted by Gasteiger charge is -2.08. The van der Waals surface area contributed by atoms with Crippen molar-refractivity contribution in [1.29, 1.82) is 0 Å². The van der Waals surface area contributed by atoms with E-state index in [9.17, 15) is 0 Å².